The van der Waals surface area contributed by atoms with Gasteiger partial charge in [0.2, 0.25) is 0 Å². The van der Waals surface area contributed by atoms with Crippen LogP contribution < -0.4 is 0 Å². The van der Waals surface area contributed by atoms with Gasteiger partial charge in [-0.1, -0.05) is 30.0 Å². The van der Waals surface area contributed by atoms with Crippen LogP contribution in [0, 0.1) is 0 Å². The second-order valence-electron chi connectivity index (χ2n) is 5.72. The zero-order valence-electron chi connectivity index (χ0n) is 14.5. The minimum atomic E-state index is -3.43. The summed E-state index contributed by atoms with van der Waals surface area (Å²) >= 11 is 1.62. The molecule has 5 nitrogen and oxygen atoms in total. The molecule has 0 saturated carbocycles. The summed E-state index contributed by atoms with van der Waals surface area (Å²) in [7, 11) is -3.43. The van der Waals surface area contributed by atoms with Gasteiger partial charge in [-0.25, -0.2) is 13.4 Å². The number of sulfone groups is 1. The first-order valence-corrected chi connectivity index (χ1v) is 10.4. The van der Waals surface area contributed by atoms with Gasteiger partial charge in [0, 0.05) is 22.2 Å². The number of nitrogens with one attached hydrogen (secondary N) is 1. The fraction of sp³-hybridized carbons (Fsp3) is 0.0526. The van der Waals surface area contributed by atoms with E-state index in [4.69, 9.17) is 0 Å². The van der Waals surface area contributed by atoms with E-state index >= 15 is 0 Å². The van der Waals surface area contributed by atoms with Crippen LogP contribution in [0.3, 0.4) is 0 Å². The Balaban J connectivity index is 0.00000140. The van der Waals surface area contributed by atoms with E-state index < -0.39 is 9.84 Å². The molecule has 0 aliphatic rings. The van der Waals surface area contributed by atoms with Gasteiger partial charge in [0.1, 0.15) is 11.6 Å². The Labute approximate surface area is 179 Å². The number of benzene rings is 2. The van der Waals surface area contributed by atoms with Crippen LogP contribution in [0.4, 0.5) is 0 Å². The van der Waals surface area contributed by atoms with Crippen LogP contribution >= 0.6 is 36.6 Å². The third kappa shape index (κ3) is 5.05. The van der Waals surface area contributed by atoms with Crippen LogP contribution in [0.5, 0.6) is 0 Å². The Hall–Kier alpha value is -2.06. The number of nitrogens with zero attached hydrogens (tertiary/aromatic N) is 2. The van der Waals surface area contributed by atoms with E-state index in [-0.39, 0.29) is 30.6 Å². The minimum absolute atomic E-state index is 0. The Morgan fingerprint density at radius 1 is 0.893 bits per heavy atom. The molecule has 0 fully saturated rings. The molecule has 4 rings (SSSR count). The first-order chi connectivity index (χ1) is 12.6. The molecule has 146 valence electrons. The Morgan fingerprint density at radius 2 is 1.61 bits per heavy atom. The number of rotatable bonds is 5. The highest BCUT2D eigenvalue weighted by molar-refractivity contribution is 7.99. The molecular weight excluding hydrogens is 437 g/mol. The third-order valence-electron chi connectivity index (χ3n) is 3.82. The van der Waals surface area contributed by atoms with E-state index in [2.05, 4.69) is 15.0 Å². The molecule has 0 atom stereocenters. The van der Waals surface area contributed by atoms with Crippen LogP contribution in [0.25, 0.3) is 11.0 Å². The summed E-state index contributed by atoms with van der Waals surface area (Å²) in [4.78, 5) is 14.0. The first-order valence-electron chi connectivity index (χ1n) is 7.94. The average Bonchev–Trinajstić information content (AvgIpc) is 3.04. The van der Waals surface area contributed by atoms with Crippen molar-refractivity contribution in [3.63, 3.8) is 0 Å². The fourth-order valence-electron chi connectivity index (χ4n) is 2.61. The van der Waals surface area contributed by atoms with Crippen molar-refractivity contribution in [3.05, 3.63) is 78.9 Å². The van der Waals surface area contributed by atoms with Gasteiger partial charge in [-0.15, -0.1) is 24.8 Å². The summed E-state index contributed by atoms with van der Waals surface area (Å²) in [5.41, 5.74) is 1.57. The van der Waals surface area contributed by atoms with Crippen LogP contribution in [-0.2, 0) is 15.6 Å². The number of fused-ring (bicyclic) bond motifs is 1. The fourth-order valence-corrected chi connectivity index (χ4v) is 4.68. The van der Waals surface area contributed by atoms with Gasteiger partial charge in [0.25, 0.3) is 0 Å². The van der Waals surface area contributed by atoms with Gasteiger partial charge in [0.15, 0.2) is 9.84 Å². The molecule has 2 aromatic carbocycles. The number of aromatic amines is 1. The quantitative estimate of drug-likeness (QED) is 0.463. The molecule has 0 unspecified atom stereocenters. The highest BCUT2D eigenvalue weighted by Gasteiger charge is 2.17. The number of aromatic nitrogens is 3. The topological polar surface area (TPSA) is 75.7 Å². The van der Waals surface area contributed by atoms with Crippen molar-refractivity contribution >= 4 is 57.4 Å². The monoisotopic (exact) mass is 453 g/mol. The second-order valence-corrected chi connectivity index (χ2v) is 8.86. The highest BCUT2D eigenvalue weighted by atomic mass is 35.5. The molecule has 4 aromatic rings. The van der Waals surface area contributed by atoms with E-state index in [1.807, 2.05) is 30.3 Å². The number of imidazole rings is 1. The Bertz CT molecular complexity index is 1150. The van der Waals surface area contributed by atoms with Crippen molar-refractivity contribution in [3.8, 4) is 0 Å². The zero-order valence-corrected chi connectivity index (χ0v) is 17.7. The summed E-state index contributed by atoms with van der Waals surface area (Å²) in [6.45, 7) is 0. The average molecular weight is 454 g/mol. The molecule has 2 aromatic heterocycles. The molecule has 0 saturated heterocycles. The number of hydrogen-bond donors (Lipinski definition) is 1. The Morgan fingerprint density at radius 3 is 2.32 bits per heavy atom. The predicted molar refractivity (Wildman–Crippen MR) is 116 cm³/mol. The zero-order chi connectivity index (χ0) is 18.0. The lowest BCUT2D eigenvalue weighted by Crippen LogP contribution is -2.05. The lowest BCUT2D eigenvalue weighted by molar-refractivity contribution is 0.594. The largest absolute Gasteiger partial charge is 0.341 e. The predicted octanol–water partition coefficient (Wildman–Crippen LogP) is 4.93. The van der Waals surface area contributed by atoms with Gasteiger partial charge < -0.3 is 4.98 Å². The van der Waals surface area contributed by atoms with E-state index in [0.29, 0.717) is 10.7 Å². The van der Waals surface area contributed by atoms with Crippen molar-refractivity contribution in [1.82, 2.24) is 15.0 Å². The molecule has 0 bridgehead atoms. The van der Waals surface area contributed by atoms with Crippen molar-refractivity contribution in [2.24, 2.45) is 0 Å². The molecule has 0 aliphatic heterocycles. The van der Waals surface area contributed by atoms with Crippen molar-refractivity contribution in [2.75, 3.05) is 0 Å². The number of H-pyrrole nitrogens is 1. The van der Waals surface area contributed by atoms with Gasteiger partial charge in [-0.05, 0) is 42.5 Å². The molecule has 0 spiro atoms. The number of pyridine rings is 1. The van der Waals surface area contributed by atoms with Crippen LogP contribution in [0.1, 0.15) is 5.82 Å². The minimum Gasteiger partial charge on any atom is -0.341 e. The summed E-state index contributed by atoms with van der Waals surface area (Å²) in [6.07, 6.45) is 3.51. The second kappa shape index (κ2) is 9.43. The standard InChI is InChI=1S/C19H15N3O2S2.2ClH/c23-26(24,16-4-2-1-3-5-16)13-19-21-17-7-6-15(12-18(17)22-19)25-14-8-10-20-11-9-14;;/h1-12H,13H2,(H,21,22);2*1H. The number of hydrogen-bond acceptors (Lipinski definition) is 5. The third-order valence-corrected chi connectivity index (χ3v) is 6.46. The molecule has 9 heteroatoms. The molecule has 28 heavy (non-hydrogen) atoms. The smallest absolute Gasteiger partial charge is 0.185 e. The van der Waals surface area contributed by atoms with Crippen molar-refractivity contribution < 1.29 is 8.42 Å². The summed E-state index contributed by atoms with van der Waals surface area (Å²) in [5, 5.41) is 0. The summed E-state index contributed by atoms with van der Waals surface area (Å²) in [6, 6.07) is 18.2. The van der Waals surface area contributed by atoms with E-state index in [1.165, 1.54) is 0 Å². The van der Waals surface area contributed by atoms with E-state index in [9.17, 15) is 8.42 Å². The lowest BCUT2D eigenvalue weighted by Gasteiger charge is -2.01. The normalized spacial score (nSPS) is 10.9. The van der Waals surface area contributed by atoms with Crippen molar-refractivity contribution in [1.29, 1.82) is 0 Å². The molecule has 0 amide bonds. The van der Waals surface area contributed by atoms with Crippen molar-refractivity contribution in [2.45, 2.75) is 20.4 Å². The van der Waals surface area contributed by atoms with E-state index in [0.717, 1.165) is 20.8 Å². The maximum Gasteiger partial charge on any atom is 0.185 e. The molecular formula is C19H17Cl2N3O2S2. The first kappa shape index (κ1) is 22.2. The lowest BCUT2D eigenvalue weighted by atomic mass is 10.3. The maximum absolute atomic E-state index is 12.5. The molecule has 1 N–H and O–H groups in total. The highest BCUT2D eigenvalue weighted by Crippen LogP contribution is 2.29. The number of halogens is 2. The van der Waals surface area contributed by atoms with Crippen LogP contribution in [-0.4, -0.2) is 23.4 Å². The van der Waals surface area contributed by atoms with Gasteiger partial charge in [0.05, 0.1) is 15.9 Å². The summed E-state index contributed by atoms with van der Waals surface area (Å²) in [5.74, 6) is 0.285. The molecule has 0 radical (unpaired) electrons. The van der Waals surface area contributed by atoms with Crippen LogP contribution in [0.2, 0.25) is 0 Å². The van der Waals surface area contributed by atoms with Crippen LogP contribution in [0.15, 0.2) is 87.7 Å². The van der Waals surface area contributed by atoms with E-state index in [1.54, 1.807) is 54.5 Å². The van der Waals surface area contributed by atoms with Gasteiger partial charge in [-0.3, -0.25) is 4.98 Å². The van der Waals surface area contributed by atoms with Gasteiger partial charge in [-0.2, -0.15) is 0 Å². The Kier molecular flexibility index (Phi) is 7.48. The molecule has 0 aliphatic carbocycles. The molecule has 2 heterocycles. The summed E-state index contributed by atoms with van der Waals surface area (Å²) < 4.78 is 25.0. The maximum atomic E-state index is 12.5. The van der Waals surface area contributed by atoms with Gasteiger partial charge >= 0.3 is 0 Å². The SMILES string of the molecule is Cl.Cl.O=S(=O)(Cc1nc2ccc(Sc3ccncc3)cc2[nH]1)c1ccccc1.